The molecule has 1 aromatic rings. The molecule has 0 spiro atoms. The number of benzene rings is 1. The van der Waals surface area contributed by atoms with Crippen molar-refractivity contribution in [2.75, 3.05) is 5.32 Å². The number of hydrogen-bond donors (Lipinski definition) is 1. The van der Waals surface area contributed by atoms with Gasteiger partial charge in [-0.05, 0) is 53.7 Å². The highest BCUT2D eigenvalue weighted by molar-refractivity contribution is 9.10. The van der Waals surface area contributed by atoms with Crippen molar-refractivity contribution in [1.82, 2.24) is 0 Å². The first-order chi connectivity index (χ1) is 8.15. The molecule has 1 atom stereocenters. The first-order valence-corrected chi connectivity index (χ1v) is 6.89. The van der Waals surface area contributed by atoms with Gasteiger partial charge in [-0.15, -0.1) is 0 Å². The van der Waals surface area contributed by atoms with Crippen LogP contribution in [0.25, 0.3) is 0 Å². The van der Waals surface area contributed by atoms with E-state index in [1.54, 1.807) is 0 Å². The first kappa shape index (κ1) is 12.4. The Labute approximate surface area is 111 Å². The van der Waals surface area contributed by atoms with E-state index in [4.69, 9.17) is 0 Å². The lowest BCUT2D eigenvalue weighted by molar-refractivity contribution is 0.404. The Bertz CT molecular complexity index is 432. The molecular weight excluding hydrogens is 276 g/mol. The molecule has 0 amide bonds. The van der Waals surface area contributed by atoms with Gasteiger partial charge in [0.25, 0.3) is 0 Å². The van der Waals surface area contributed by atoms with Crippen LogP contribution in [0.15, 0.2) is 28.7 Å². The minimum Gasteiger partial charge on any atom is -0.366 e. The molecular formula is C14H17BrN2. The maximum atomic E-state index is 9.47. The van der Waals surface area contributed by atoms with Crippen LogP contribution in [-0.2, 0) is 0 Å². The fourth-order valence-corrected chi connectivity index (χ4v) is 2.95. The summed E-state index contributed by atoms with van der Waals surface area (Å²) in [6.07, 6.45) is 4.81. The van der Waals surface area contributed by atoms with E-state index in [2.05, 4.69) is 27.3 Å². The van der Waals surface area contributed by atoms with Crippen LogP contribution < -0.4 is 5.32 Å². The van der Waals surface area contributed by atoms with Gasteiger partial charge in [-0.3, -0.25) is 0 Å². The van der Waals surface area contributed by atoms with Crippen LogP contribution in [0.5, 0.6) is 0 Å². The van der Waals surface area contributed by atoms with E-state index in [0.717, 1.165) is 23.0 Å². The molecule has 0 heterocycles. The molecule has 0 bridgehead atoms. The van der Waals surface area contributed by atoms with Crippen LogP contribution in [0, 0.1) is 17.2 Å². The number of nitrogens with one attached hydrogen (secondary N) is 1. The number of nitriles is 1. The zero-order valence-corrected chi connectivity index (χ0v) is 11.6. The molecule has 1 fully saturated rings. The molecule has 2 nitrogen and oxygen atoms in total. The summed E-state index contributed by atoms with van der Waals surface area (Å²) in [5.74, 6) is 0.458. The third-order valence-electron chi connectivity index (χ3n) is 3.67. The maximum absolute atomic E-state index is 9.47. The fourth-order valence-electron chi connectivity index (χ4n) is 2.57. The minimum atomic E-state index is -0.458. The van der Waals surface area contributed by atoms with Crippen LogP contribution in [0.4, 0.5) is 5.69 Å². The molecule has 0 radical (unpaired) electrons. The van der Waals surface area contributed by atoms with Gasteiger partial charge in [0.05, 0.1) is 6.07 Å². The van der Waals surface area contributed by atoms with Crippen molar-refractivity contribution in [2.45, 2.75) is 38.1 Å². The molecule has 0 saturated heterocycles. The number of para-hydroxylation sites is 1. The molecule has 3 heteroatoms. The Morgan fingerprint density at radius 2 is 2.00 bits per heavy atom. The van der Waals surface area contributed by atoms with E-state index in [1.165, 1.54) is 12.8 Å². The smallest absolute Gasteiger partial charge is 0.125 e. The molecule has 0 aromatic heterocycles. The second kappa shape index (κ2) is 5.10. The summed E-state index contributed by atoms with van der Waals surface area (Å²) < 4.78 is 1.01. The Morgan fingerprint density at radius 1 is 1.35 bits per heavy atom. The van der Waals surface area contributed by atoms with Gasteiger partial charge in [-0.1, -0.05) is 25.0 Å². The third kappa shape index (κ3) is 2.63. The lowest BCUT2D eigenvalue weighted by atomic mass is 9.85. The SMILES string of the molecule is CC(C#N)(Nc1ccccc1Br)C1CCCC1. The van der Waals surface area contributed by atoms with Crippen molar-refractivity contribution in [3.63, 3.8) is 0 Å². The van der Waals surface area contributed by atoms with Crippen LogP contribution in [0.3, 0.4) is 0 Å². The van der Waals surface area contributed by atoms with Crippen LogP contribution in [0.1, 0.15) is 32.6 Å². The van der Waals surface area contributed by atoms with Crippen molar-refractivity contribution in [3.8, 4) is 6.07 Å². The van der Waals surface area contributed by atoms with Gasteiger partial charge in [0, 0.05) is 10.2 Å². The summed E-state index contributed by atoms with van der Waals surface area (Å²) in [4.78, 5) is 0. The molecule has 90 valence electrons. The lowest BCUT2D eigenvalue weighted by Crippen LogP contribution is -2.40. The summed E-state index contributed by atoms with van der Waals surface area (Å²) in [5.41, 5.74) is 0.545. The van der Waals surface area contributed by atoms with Crippen LogP contribution >= 0.6 is 15.9 Å². The number of hydrogen-bond acceptors (Lipinski definition) is 2. The van der Waals surface area contributed by atoms with Crippen molar-refractivity contribution in [2.24, 2.45) is 5.92 Å². The Morgan fingerprint density at radius 3 is 2.59 bits per heavy atom. The lowest BCUT2D eigenvalue weighted by Gasteiger charge is -2.31. The minimum absolute atomic E-state index is 0.458. The second-order valence-electron chi connectivity index (χ2n) is 4.90. The summed E-state index contributed by atoms with van der Waals surface area (Å²) >= 11 is 3.51. The molecule has 1 aromatic carbocycles. The summed E-state index contributed by atoms with van der Waals surface area (Å²) in [6.45, 7) is 2.02. The van der Waals surface area contributed by atoms with Crippen LogP contribution in [0.2, 0.25) is 0 Å². The van der Waals surface area contributed by atoms with Crippen molar-refractivity contribution in [1.29, 1.82) is 5.26 Å². The fraction of sp³-hybridized carbons (Fsp3) is 0.500. The van der Waals surface area contributed by atoms with E-state index >= 15 is 0 Å². The average Bonchev–Trinajstić information content (AvgIpc) is 2.86. The molecule has 0 aliphatic heterocycles. The van der Waals surface area contributed by atoms with E-state index < -0.39 is 5.54 Å². The number of nitrogens with zero attached hydrogens (tertiary/aromatic N) is 1. The van der Waals surface area contributed by atoms with Crippen LogP contribution in [-0.4, -0.2) is 5.54 Å². The van der Waals surface area contributed by atoms with Gasteiger partial charge in [-0.25, -0.2) is 0 Å². The first-order valence-electron chi connectivity index (χ1n) is 6.10. The largest absolute Gasteiger partial charge is 0.366 e. The van der Waals surface area contributed by atoms with Crippen molar-refractivity contribution >= 4 is 21.6 Å². The highest BCUT2D eigenvalue weighted by Gasteiger charge is 2.36. The predicted molar refractivity (Wildman–Crippen MR) is 73.7 cm³/mol. The quantitative estimate of drug-likeness (QED) is 0.900. The highest BCUT2D eigenvalue weighted by atomic mass is 79.9. The Hall–Kier alpha value is -1.01. The number of anilines is 1. The molecule has 2 rings (SSSR count). The predicted octanol–water partition coefficient (Wildman–Crippen LogP) is 4.33. The Kier molecular flexibility index (Phi) is 3.73. The number of halogens is 1. The van der Waals surface area contributed by atoms with E-state index in [-0.39, 0.29) is 0 Å². The monoisotopic (exact) mass is 292 g/mol. The highest BCUT2D eigenvalue weighted by Crippen LogP contribution is 2.37. The topological polar surface area (TPSA) is 35.8 Å². The van der Waals surface area contributed by atoms with Crippen molar-refractivity contribution in [3.05, 3.63) is 28.7 Å². The summed E-state index contributed by atoms with van der Waals surface area (Å²) in [5, 5.41) is 12.9. The standard InChI is InChI=1S/C14H17BrN2/c1-14(10-16,11-6-2-3-7-11)17-13-9-5-4-8-12(13)15/h4-5,8-9,11,17H,2-3,6-7H2,1H3. The maximum Gasteiger partial charge on any atom is 0.125 e. The van der Waals surface area contributed by atoms with E-state index in [0.29, 0.717) is 5.92 Å². The van der Waals surface area contributed by atoms with Gasteiger partial charge in [-0.2, -0.15) is 5.26 Å². The second-order valence-corrected chi connectivity index (χ2v) is 5.75. The van der Waals surface area contributed by atoms with Crippen molar-refractivity contribution < 1.29 is 0 Å². The zero-order valence-electron chi connectivity index (χ0n) is 10.0. The molecule has 1 aliphatic carbocycles. The molecule has 1 aliphatic rings. The van der Waals surface area contributed by atoms with Gasteiger partial charge in [0.15, 0.2) is 0 Å². The third-order valence-corrected chi connectivity index (χ3v) is 4.36. The summed E-state index contributed by atoms with van der Waals surface area (Å²) in [7, 11) is 0. The molecule has 1 unspecified atom stereocenters. The average molecular weight is 293 g/mol. The molecule has 1 N–H and O–H groups in total. The normalized spacial score (nSPS) is 19.6. The van der Waals surface area contributed by atoms with Gasteiger partial charge in [0.2, 0.25) is 0 Å². The Balaban J connectivity index is 2.20. The zero-order chi connectivity index (χ0) is 12.3. The van der Waals surface area contributed by atoms with Gasteiger partial charge < -0.3 is 5.32 Å². The van der Waals surface area contributed by atoms with Gasteiger partial charge >= 0.3 is 0 Å². The molecule has 1 saturated carbocycles. The van der Waals surface area contributed by atoms with Gasteiger partial charge in [0.1, 0.15) is 5.54 Å². The van der Waals surface area contributed by atoms with E-state index in [1.807, 2.05) is 31.2 Å². The van der Waals surface area contributed by atoms with E-state index in [9.17, 15) is 5.26 Å². The number of rotatable bonds is 3. The summed E-state index contributed by atoms with van der Waals surface area (Å²) in [6, 6.07) is 10.4. The molecule has 17 heavy (non-hydrogen) atoms.